The molecule has 1 atom stereocenters. The van der Waals surface area contributed by atoms with E-state index < -0.39 is 0 Å². The maximum Gasteiger partial charge on any atom is 0.236 e. The van der Waals surface area contributed by atoms with Crippen molar-refractivity contribution in [2.45, 2.75) is 39.7 Å². The molecule has 0 unspecified atom stereocenters. The number of rotatable bonds is 9. The van der Waals surface area contributed by atoms with Crippen LogP contribution in [0.5, 0.6) is 5.75 Å². The van der Waals surface area contributed by atoms with Gasteiger partial charge in [0.15, 0.2) is 0 Å². The van der Waals surface area contributed by atoms with Gasteiger partial charge >= 0.3 is 0 Å². The lowest BCUT2D eigenvalue weighted by molar-refractivity contribution is -0.130. The molecule has 168 valence electrons. The summed E-state index contributed by atoms with van der Waals surface area (Å²) in [5.74, 6) is 1.47. The van der Waals surface area contributed by atoms with E-state index >= 15 is 0 Å². The minimum Gasteiger partial charge on any atom is -0.495 e. The highest BCUT2D eigenvalue weighted by Crippen LogP contribution is 2.28. The Kier molecular flexibility index (Phi) is 8.35. The van der Waals surface area contributed by atoms with Crippen LogP contribution in [-0.4, -0.2) is 50.6 Å². The number of amides is 1. The van der Waals surface area contributed by atoms with Crippen LogP contribution in [0, 0.1) is 5.92 Å². The molecule has 1 fully saturated rings. The van der Waals surface area contributed by atoms with Gasteiger partial charge in [0, 0.05) is 32.2 Å². The highest BCUT2D eigenvalue weighted by Gasteiger charge is 2.24. The first-order valence-corrected chi connectivity index (χ1v) is 11.5. The quantitative estimate of drug-likeness (QED) is 0.654. The van der Waals surface area contributed by atoms with Crippen LogP contribution in [0.3, 0.4) is 0 Å². The van der Waals surface area contributed by atoms with E-state index in [-0.39, 0.29) is 11.9 Å². The fourth-order valence-corrected chi connectivity index (χ4v) is 4.32. The van der Waals surface area contributed by atoms with Crippen LogP contribution >= 0.6 is 0 Å². The Morgan fingerprint density at radius 2 is 1.71 bits per heavy atom. The molecule has 5 heteroatoms. The van der Waals surface area contributed by atoms with Crippen LogP contribution in [-0.2, 0) is 11.2 Å². The minimum atomic E-state index is 0.174. The average molecular weight is 424 g/mol. The number of aryl methyl sites for hydroxylation is 1. The number of hydrogen-bond acceptors (Lipinski definition) is 4. The third kappa shape index (κ3) is 6.01. The summed E-state index contributed by atoms with van der Waals surface area (Å²) < 4.78 is 5.49. The minimum absolute atomic E-state index is 0.174. The third-order valence-electron chi connectivity index (χ3n) is 6.08. The van der Waals surface area contributed by atoms with Crippen LogP contribution in [0.2, 0.25) is 0 Å². The third-order valence-corrected chi connectivity index (χ3v) is 6.08. The normalized spacial score (nSPS) is 15.3. The van der Waals surface area contributed by atoms with Gasteiger partial charge in [-0.15, -0.1) is 0 Å². The van der Waals surface area contributed by atoms with Gasteiger partial charge in [0.2, 0.25) is 5.91 Å². The zero-order valence-corrected chi connectivity index (χ0v) is 19.4. The fourth-order valence-electron chi connectivity index (χ4n) is 4.32. The second kappa shape index (κ2) is 11.2. The molecule has 0 radical (unpaired) electrons. The summed E-state index contributed by atoms with van der Waals surface area (Å²) in [5, 5.41) is 3.52. The molecule has 1 saturated heterocycles. The maximum absolute atomic E-state index is 12.9. The van der Waals surface area contributed by atoms with E-state index in [0.29, 0.717) is 12.5 Å². The Hall–Kier alpha value is -2.53. The number of hydrogen-bond donors (Lipinski definition) is 1. The largest absolute Gasteiger partial charge is 0.495 e. The SMILES string of the molecule is CCCc1ccc([C@@H](NCC(=O)N2CCN(c3ccccc3OC)CC2)C(C)C)cc1. The smallest absolute Gasteiger partial charge is 0.236 e. The van der Waals surface area contributed by atoms with Crippen LogP contribution in [0.25, 0.3) is 0 Å². The van der Waals surface area contributed by atoms with Crippen molar-refractivity contribution in [3.63, 3.8) is 0 Å². The fraction of sp³-hybridized carbons (Fsp3) is 0.500. The molecule has 0 saturated carbocycles. The Morgan fingerprint density at radius 1 is 1.03 bits per heavy atom. The summed E-state index contributed by atoms with van der Waals surface area (Å²) in [6.45, 7) is 10.1. The van der Waals surface area contributed by atoms with Crippen molar-refractivity contribution in [1.82, 2.24) is 10.2 Å². The zero-order valence-electron chi connectivity index (χ0n) is 19.4. The highest BCUT2D eigenvalue weighted by molar-refractivity contribution is 5.78. The number of carbonyl (C=O) groups is 1. The summed E-state index contributed by atoms with van der Waals surface area (Å²) >= 11 is 0. The Balaban J connectivity index is 1.54. The molecule has 0 aromatic heterocycles. The molecule has 0 bridgehead atoms. The van der Waals surface area contributed by atoms with Gasteiger partial charge < -0.3 is 19.9 Å². The molecule has 5 nitrogen and oxygen atoms in total. The van der Waals surface area contributed by atoms with Crippen LogP contribution in [0.1, 0.15) is 44.4 Å². The van der Waals surface area contributed by atoms with Gasteiger partial charge in [-0.1, -0.05) is 63.6 Å². The zero-order chi connectivity index (χ0) is 22.2. The van der Waals surface area contributed by atoms with Gasteiger partial charge in [-0.2, -0.15) is 0 Å². The standard InChI is InChI=1S/C26H37N3O2/c1-5-8-21-11-13-22(14-12-21)26(20(2)3)27-19-25(30)29-17-15-28(16-18-29)23-9-6-7-10-24(23)31-4/h6-7,9-14,20,26-27H,5,8,15-19H2,1-4H3/t26-/m0/s1. The van der Waals surface area contributed by atoms with Gasteiger partial charge in [-0.25, -0.2) is 0 Å². The van der Waals surface area contributed by atoms with E-state index in [2.05, 4.69) is 61.3 Å². The molecular weight excluding hydrogens is 386 g/mol. The number of para-hydroxylation sites is 2. The predicted octanol–water partition coefficient (Wildman–Crippen LogP) is 4.28. The number of piperazine rings is 1. The van der Waals surface area contributed by atoms with Gasteiger partial charge in [0.25, 0.3) is 0 Å². The summed E-state index contributed by atoms with van der Waals surface area (Å²) in [6, 6.07) is 17.1. The first kappa shape index (κ1) is 23.1. The molecule has 1 aliphatic rings. The number of ether oxygens (including phenoxy) is 1. The van der Waals surface area contributed by atoms with Crippen LogP contribution in [0.15, 0.2) is 48.5 Å². The monoisotopic (exact) mass is 423 g/mol. The molecule has 1 aliphatic heterocycles. The summed E-state index contributed by atoms with van der Waals surface area (Å²) in [6.07, 6.45) is 2.27. The first-order valence-electron chi connectivity index (χ1n) is 11.5. The van der Waals surface area contributed by atoms with Gasteiger partial charge in [-0.3, -0.25) is 4.79 Å². The number of nitrogens with one attached hydrogen (secondary N) is 1. The van der Waals surface area contributed by atoms with Gasteiger partial charge in [-0.05, 0) is 35.6 Å². The molecule has 0 spiro atoms. The van der Waals surface area contributed by atoms with E-state index in [1.807, 2.05) is 23.1 Å². The van der Waals surface area contributed by atoms with E-state index in [1.54, 1.807) is 7.11 Å². The number of carbonyl (C=O) groups excluding carboxylic acids is 1. The Bertz CT molecular complexity index is 827. The first-order chi connectivity index (χ1) is 15.0. The van der Waals surface area contributed by atoms with Crippen molar-refractivity contribution >= 4 is 11.6 Å². The predicted molar refractivity (Wildman–Crippen MR) is 128 cm³/mol. The molecule has 3 rings (SSSR count). The van der Waals surface area contributed by atoms with Crippen molar-refractivity contribution in [3.8, 4) is 5.75 Å². The molecule has 1 amide bonds. The number of anilines is 1. The molecule has 31 heavy (non-hydrogen) atoms. The second-order valence-electron chi connectivity index (χ2n) is 8.63. The number of nitrogens with zero attached hydrogens (tertiary/aromatic N) is 2. The van der Waals surface area contributed by atoms with Gasteiger partial charge in [0.1, 0.15) is 5.75 Å². The molecular formula is C26H37N3O2. The molecule has 1 N–H and O–H groups in total. The maximum atomic E-state index is 12.9. The lowest BCUT2D eigenvalue weighted by Gasteiger charge is -2.37. The molecule has 2 aromatic rings. The highest BCUT2D eigenvalue weighted by atomic mass is 16.5. The van der Waals surface area contributed by atoms with E-state index in [4.69, 9.17) is 4.74 Å². The summed E-state index contributed by atoms with van der Waals surface area (Å²) in [5.41, 5.74) is 3.73. The lowest BCUT2D eigenvalue weighted by Crippen LogP contribution is -2.51. The lowest BCUT2D eigenvalue weighted by atomic mass is 9.94. The van der Waals surface area contributed by atoms with Crippen molar-refractivity contribution in [2.24, 2.45) is 5.92 Å². The van der Waals surface area contributed by atoms with E-state index in [0.717, 1.165) is 50.5 Å². The van der Waals surface area contributed by atoms with Crippen molar-refractivity contribution in [2.75, 3.05) is 44.7 Å². The summed E-state index contributed by atoms with van der Waals surface area (Å²) in [4.78, 5) is 17.2. The Morgan fingerprint density at radius 3 is 2.32 bits per heavy atom. The second-order valence-corrected chi connectivity index (χ2v) is 8.63. The number of benzene rings is 2. The van der Waals surface area contributed by atoms with Crippen molar-refractivity contribution in [3.05, 3.63) is 59.7 Å². The van der Waals surface area contributed by atoms with E-state index in [1.165, 1.54) is 11.1 Å². The van der Waals surface area contributed by atoms with Gasteiger partial charge in [0.05, 0.1) is 19.3 Å². The Labute approximate surface area is 187 Å². The van der Waals surface area contributed by atoms with Crippen LogP contribution < -0.4 is 15.0 Å². The molecule has 0 aliphatic carbocycles. The van der Waals surface area contributed by atoms with E-state index in [9.17, 15) is 4.79 Å². The molecule has 2 aromatic carbocycles. The van der Waals surface area contributed by atoms with Crippen LogP contribution in [0.4, 0.5) is 5.69 Å². The number of methoxy groups -OCH3 is 1. The topological polar surface area (TPSA) is 44.8 Å². The van der Waals surface area contributed by atoms with Crippen molar-refractivity contribution in [1.29, 1.82) is 0 Å². The molecule has 1 heterocycles. The van der Waals surface area contributed by atoms with Crippen molar-refractivity contribution < 1.29 is 9.53 Å². The summed E-state index contributed by atoms with van der Waals surface area (Å²) in [7, 11) is 1.70. The average Bonchev–Trinajstić information content (AvgIpc) is 2.80.